The first-order valence-electron chi connectivity index (χ1n) is 6.85. The van der Waals surface area contributed by atoms with Crippen molar-refractivity contribution in [2.45, 2.75) is 12.8 Å². The predicted octanol–water partition coefficient (Wildman–Crippen LogP) is 0.572. The summed E-state index contributed by atoms with van der Waals surface area (Å²) < 4.78 is 5.35. The second kappa shape index (κ2) is 5.56. The minimum Gasteiger partial charge on any atom is -0.378 e. The highest BCUT2D eigenvalue weighted by Gasteiger charge is 2.22. The molecular weight excluding hydrogens is 244 g/mol. The Hall–Kier alpha value is -1.63. The second-order valence-electron chi connectivity index (χ2n) is 4.96. The van der Waals surface area contributed by atoms with E-state index in [0.29, 0.717) is 11.9 Å². The third-order valence-electron chi connectivity index (χ3n) is 3.39. The molecule has 0 spiro atoms. The van der Waals surface area contributed by atoms with Crippen LogP contribution in [0.3, 0.4) is 0 Å². The van der Waals surface area contributed by atoms with E-state index in [1.54, 1.807) is 0 Å². The Kier molecular flexibility index (Phi) is 3.63. The van der Waals surface area contributed by atoms with Crippen LogP contribution in [-0.2, 0) is 4.74 Å². The van der Waals surface area contributed by atoms with E-state index in [1.807, 2.05) is 7.05 Å². The van der Waals surface area contributed by atoms with Crippen LogP contribution in [0, 0.1) is 5.92 Å². The van der Waals surface area contributed by atoms with E-state index in [-0.39, 0.29) is 0 Å². The summed E-state index contributed by atoms with van der Waals surface area (Å²) in [7, 11) is 1.82. The lowest BCUT2D eigenvalue weighted by molar-refractivity contribution is 0.122. The lowest BCUT2D eigenvalue weighted by Gasteiger charge is -2.27. The molecule has 0 aromatic carbocycles. The number of ether oxygens (including phenoxy) is 1. The second-order valence-corrected chi connectivity index (χ2v) is 4.96. The van der Waals surface area contributed by atoms with Crippen molar-refractivity contribution in [3.05, 3.63) is 0 Å². The summed E-state index contributed by atoms with van der Waals surface area (Å²) in [5.74, 6) is 2.78. The Balaban J connectivity index is 1.74. The molecular formula is C12H20N6O. The van der Waals surface area contributed by atoms with Gasteiger partial charge in [0.15, 0.2) is 0 Å². The van der Waals surface area contributed by atoms with Gasteiger partial charge in [-0.05, 0) is 18.8 Å². The van der Waals surface area contributed by atoms with E-state index in [9.17, 15) is 0 Å². The molecule has 0 atom stereocenters. The number of hydrogen-bond acceptors (Lipinski definition) is 7. The van der Waals surface area contributed by atoms with E-state index in [1.165, 1.54) is 12.8 Å². The van der Waals surface area contributed by atoms with E-state index >= 15 is 0 Å². The third-order valence-corrected chi connectivity index (χ3v) is 3.39. The molecule has 0 amide bonds. The molecule has 104 valence electrons. The van der Waals surface area contributed by atoms with Crippen LogP contribution in [0.25, 0.3) is 0 Å². The minimum absolute atomic E-state index is 0.606. The number of anilines is 3. The SMILES string of the molecule is CNc1nc(NCC2CC2)nc(N2CCOCC2)n1. The fraction of sp³-hybridized carbons (Fsp3) is 0.750. The Labute approximate surface area is 112 Å². The van der Waals surface area contributed by atoms with Gasteiger partial charge >= 0.3 is 0 Å². The molecule has 0 bridgehead atoms. The van der Waals surface area contributed by atoms with Gasteiger partial charge in [0.25, 0.3) is 0 Å². The number of morpholine rings is 1. The molecule has 1 aliphatic carbocycles. The van der Waals surface area contributed by atoms with Crippen LogP contribution in [0.5, 0.6) is 0 Å². The van der Waals surface area contributed by atoms with Gasteiger partial charge < -0.3 is 20.3 Å². The highest BCUT2D eigenvalue weighted by Crippen LogP contribution is 2.28. The van der Waals surface area contributed by atoms with Gasteiger partial charge in [0.1, 0.15) is 0 Å². The Morgan fingerprint density at radius 3 is 2.58 bits per heavy atom. The van der Waals surface area contributed by atoms with Crippen LogP contribution in [0.2, 0.25) is 0 Å². The maximum absolute atomic E-state index is 5.35. The largest absolute Gasteiger partial charge is 0.378 e. The van der Waals surface area contributed by atoms with E-state index in [2.05, 4.69) is 30.5 Å². The van der Waals surface area contributed by atoms with Crippen molar-refractivity contribution in [2.75, 3.05) is 55.4 Å². The van der Waals surface area contributed by atoms with Gasteiger partial charge in [-0.15, -0.1) is 0 Å². The predicted molar refractivity (Wildman–Crippen MR) is 73.6 cm³/mol. The van der Waals surface area contributed by atoms with Gasteiger partial charge in [-0.2, -0.15) is 15.0 Å². The van der Waals surface area contributed by atoms with Crippen molar-refractivity contribution in [3.63, 3.8) is 0 Å². The fourth-order valence-electron chi connectivity index (χ4n) is 2.02. The van der Waals surface area contributed by atoms with Gasteiger partial charge in [-0.25, -0.2) is 0 Å². The van der Waals surface area contributed by atoms with Gasteiger partial charge in [0.2, 0.25) is 17.8 Å². The average molecular weight is 264 g/mol. The van der Waals surface area contributed by atoms with Crippen LogP contribution < -0.4 is 15.5 Å². The molecule has 3 rings (SSSR count). The highest BCUT2D eigenvalue weighted by molar-refractivity contribution is 5.43. The quantitative estimate of drug-likeness (QED) is 0.805. The van der Waals surface area contributed by atoms with Gasteiger partial charge in [0.05, 0.1) is 13.2 Å². The number of rotatable bonds is 5. The smallest absolute Gasteiger partial charge is 0.232 e. The molecule has 2 aliphatic rings. The van der Waals surface area contributed by atoms with Gasteiger partial charge in [0, 0.05) is 26.7 Å². The summed E-state index contributed by atoms with van der Waals surface area (Å²) in [5, 5.41) is 6.29. The molecule has 2 N–H and O–H groups in total. The van der Waals surface area contributed by atoms with Gasteiger partial charge in [-0.1, -0.05) is 0 Å². The zero-order valence-corrected chi connectivity index (χ0v) is 11.2. The monoisotopic (exact) mass is 264 g/mol. The fourth-order valence-corrected chi connectivity index (χ4v) is 2.02. The molecule has 0 radical (unpaired) electrons. The lowest BCUT2D eigenvalue weighted by Crippen LogP contribution is -2.37. The summed E-state index contributed by atoms with van der Waals surface area (Å²) in [6.07, 6.45) is 2.63. The normalized spacial score (nSPS) is 19.3. The third kappa shape index (κ3) is 3.23. The van der Waals surface area contributed by atoms with Crippen molar-refractivity contribution in [1.82, 2.24) is 15.0 Å². The maximum atomic E-state index is 5.35. The molecule has 1 aliphatic heterocycles. The van der Waals surface area contributed by atoms with E-state index in [4.69, 9.17) is 4.74 Å². The van der Waals surface area contributed by atoms with Crippen molar-refractivity contribution in [3.8, 4) is 0 Å². The first-order chi connectivity index (χ1) is 9.35. The number of hydrogen-bond donors (Lipinski definition) is 2. The van der Waals surface area contributed by atoms with Crippen LogP contribution in [-0.4, -0.2) is 54.8 Å². The lowest BCUT2D eigenvalue weighted by atomic mass is 10.4. The van der Waals surface area contributed by atoms with E-state index < -0.39 is 0 Å². The standard InChI is InChI=1S/C12H20N6O/c1-13-10-15-11(14-8-9-2-3-9)17-12(16-10)18-4-6-19-7-5-18/h9H,2-8H2,1H3,(H2,13,14,15,16,17). The minimum atomic E-state index is 0.606. The number of nitrogens with zero attached hydrogens (tertiary/aromatic N) is 4. The highest BCUT2D eigenvalue weighted by atomic mass is 16.5. The Bertz CT molecular complexity index is 430. The zero-order valence-electron chi connectivity index (χ0n) is 11.2. The van der Waals surface area contributed by atoms with E-state index in [0.717, 1.165) is 44.7 Å². The molecule has 7 heteroatoms. The first-order valence-corrected chi connectivity index (χ1v) is 6.85. The molecule has 0 unspecified atom stereocenters. The van der Waals surface area contributed by atoms with Crippen LogP contribution in [0.1, 0.15) is 12.8 Å². The summed E-state index contributed by atoms with van der Waals surface area (Å²) >= 11 is 0. The Morgan fingerprint density at radius 1 is 1.16 bits per heavy atom. The summed E-state index contributed by atoms with van der Waals surface area (Å²) in [6.45, 7) is 4.07. The molecule has 7 nitrogen and oxygen atoms in total. The maximum Gasteiger partial charge on any atom is 0.232 e. The van der Waals surface area contributed by atoms with Crippen LogP contribution >= 0.6 is 0 Å². The van der Waals surface area contributed by atoms with Crippen LogP contribution in [0.4, 0.5) is 17.8 Å². The van der Waals surface area contributed by atoms with Crippen molar-refractivity contribution in [2.24, 2.45) is 5.92 Å². The summed E-state index contributed by atoms with van der Waals surface area (Å²) in [6, 6.07) is 0. The van der Waals surface area contributed by atoms with Gasteiger partial charge in [-0.3, -0.25) is 0 Å². The molecule has 1 aromatic heterocycles. The van der Waals surface area contributed by atoms with Crippen LogP contribution in [0.15, 0.2) is 0 Å². The topological polar surface area (TPSA) is 75.2 Å². The van der Waals surface area contributed by atoms with Crippen molar-refractivity contribution in [1.29, 1.82) is 0 Å². The zero-order chi connectivity index (χ0) is 13.1. The van der Waals surface area contributed by atoms with Crippen molar-refractivity contribution >= 4 is 17.8 Å². The molecule has 19 heavy (non-hydrogen) atoms. The number of aromatic nitrogens is 3. The summed E-state index contributed by atoms with van der Waals surface area (Å²) in [4.78, 5) is 15.4. The first kappa shape index (κ1) is 12.4. The molecule has 1 aromatic rings. The number of nitrogens with one attached hydrogen (secondary N) is 2. The Morgan fingerprint density at radius 2 is 1.89 bits per heavy atom. The molecule has 1 saturated heterocycles. The average Bonchev–Trinajstić information content (AvgIpc) is 3.30. The molecule has 2 heterocycles. The molecule has 2 fully saturated rings. The molecule has 1 saturated carbocycles. The summed E-state index contributed by atoms with van der Waals surface area (Å²) in [5.41, 5.74) is 0. The van der Waals surface area contributed by atoms with Crippen molar-refractivity contribution < 1.29 is 4.74 Å².